The Labute approximate surface area is 93.4 Å². The van der Waals surface area contributed by atoms with Gasteiger partial charge < -0.3 is 14.4 Å². The molecule has 0 aromatic heterocycles. The molecule has 0 aromatic rings. The first-order chi connectivity index (χ1) is 7.48. The highest BCUT2D eigenvalue weighted by molar-refractivity contribution is 7.44. The second-order valence-electron chi connectivity index (χ2n) is 4.34. The van der Waals surface area contributed by atoms with Crippen molar-refractivity contribution in [2.45, 2.75) is 12.3 Å². The molecule has 0 unspecified atom stereocenters. The highest BCUT2D eigenvalue weighted by Crippen LogP contribution is 2.29. The van der Waals surface area contributed by atoms with E-state index < -0.39 is 20.3 Å². The number of carbonyl (C=O) groups excluding carboxylic acids is 1. The maximum Gasteiger partial charge on any atom is 0.320 e. The molecule has 7 heteroatoms. The summed E-state index contributed by atoms with van der Waals surface area (Å²) in [6.45, 7) is 0.534. The van der Waals surface area contributed by atoms with E-state index in [1.807, 2.05) is 0 Å². The summed E-state index contributed by atoms with van der Waals surface area (Å²) in [7, 11) is -1.51. The third kappa shape index (κ3) is 2.54. The summed E-state index contributed by atoms with van der Waals surface area (Å²) in [5.41, 5.74) is 0. The number of amides is 2. The molecule has 2 fully saturated rings. The van der Waals surface area contributed by atoms with Gasteiger partial charge >= 0.3 is 6.03 Å². The zero-order valence-electron chi connectivity index (χ0n) is 8.92. The molecule has 2 rings (SSSR count). The van der Waals surface area contributed by atoms with Crippen molar-refractivity contribution in [1.82, 2.24) is 9.80 Å². The first-order valence-corrected chi connectivity index (χ1v) is 7.24. The minimum Gasteiger partial charge on any atom is -0.327 e. The van der Waals surface area contributed by atoms with Gasteiger partial charge in [-0.1, -0.05) is 0 Å². The second-order valence-corrected chi connectivity index (χ2v) is 6.41. The van der Waals surface area contributed by atoms with Gasteiger partial charge in [-0.2, -0.15) is 0 Å². The van der Waals surface area contributed by atoms with Crippen LogP contribution in [0.15, 0.2) is 0 Å². The summed E-state index contributed by atoms with van der Waals surface area (Å²) in [6.07, 6.45) is 0.810. The van der Waals surface area contributed by atoms with Gasteiger partial charge in [-0.05, 0) is 0 Å². The zero-order valence-corrected chi connectivity index (χ0v) is 9.92. The van der Waals surface area contributed by atoms with Crippen LogP contribution < -0.4 is 0 Å². The van der Waals surface area contributed by atoms with Crippen LogP contribution in [0.4, 0.5) is 13.6 Å². The molecule has 0 spiro atoms. The van der Waals surface area contributed by atoms with E-state index in [1.54, 1.807) is 0 Å². The van der Waals surface area contributed by atoms with Gasteiger partial charge in [-0.25, -0.2) is 13.6 Å². The van der Waals surface area contributed by atoms with Crippen molar-refractivity contribution >= 4 is 13.8 Å². The molecular weight excluding hydrogens is 237 g/mol. The number of rotatable bonds is 0. The summed E-state index contributed by atoms with van der Waals surface area (Å²) < 4.78 is 37.0. The van der Waals surface area contributed by atoms with E-state index in [-0.39, 0.29) is 19.0 Å². The van der Waals surface area contributed by atoms with Gasteiger partial charge in [0.1, 0.15) is 0 Å². The standard InChI is InChI=1S/C9H15F2N2O2P/c10-9(11)1-2-13(7-9)8(14)12-3-5-16(15)6-4-12/h16H,1-7H2. The number of hydrogen-bond donors (Lipinski definition) is 0. The summed E-state index contributed by atoms with van der Waals surface area (Å²) in [5, 5.41) is 0. The quantitative estimate of drug-likeness (QED) is 0.610. The summed E-state index contributed by atoms with van der Waals surface area (Å²) in [6, 6.07) is -0.327. The van der Waals surface area contributed by atoms with Crippen LogP contribution in [0.2, 0.25) is 0 Å². The van der Waals surface area contributed by atoms with E-state index in [0.717, 1.165) is 0 Å². The number of hydrogen-bond acceptors (Lipinski definition) is 2. The smallest absolute Gasteiger partial charge is 0.320 e. The minimum atomic E-state index is -2.74. The summed E-state index contributed by atoms with van der Waals surface area (Å²) >= 11 is 0. The van der Waals surface area contributed by atoms with Crippen LogP contribution >= 0.6 is 7.80 Å². The lowest BCUT2D eigenvalue weighted by Gasteiger charge is -2.30. The van der Waals surface area contributed by atoms with Crippen LogP contribution in [-0.4, -0.2) is 60.3 Å². The number of alkyl halides is 2. The topological polar surface area (TPSA) is 40.6 Å². The Hall–Kier alpha value is -0.640. The molecule has 0 saturated carbocycles. The van der Waals surface area contributed by atoms with Gasteiger partial charge in [0.05, 0.1) is 14.3 Å². The Morgan fingerprint density at radius 3 is 2.25 bits per heavy atom. The van der Waals surface area contributed by atoms with Gasteiger partial charge in [0.25, 0.3) is 5.92 Å². The van der Waals surface area contributed by atoms with Crippen molar-refractivity contribution in [1.29, 1.82) is 0 Å². The highest BCUT2D eigenvalue weighted by Gasteiger charge is 2.41. The van der Waals surface area contributed by atoms with Crippen LogP contribution in [0.3, 0.4) is 0 Å². The predicted octanol–water partition coefficient (Wildman–Crippen LogP) is 1.32. The number of likely N-dealkylation sites (tertiary alicyclic amines) is 1. The third-order valence-corrected chi connectivity index (χ3v) is 4.59. The molecule has 2 saturated heterocycles. The summed E-state index contributed by atoms with van der Waals surface area (Å²) in [4.78, 5) is 14.6. The Balaban J connectivity index is 1.91. The molecule has 2 heterocycles. The van der Waals surface area contributed by atoms with E-state index in [1.165, 1.54) is 9.80 Å². The number of halogens is 2. The maximum absolute atomic E-state index is 12.9. The second kappa shape index (κ2) is 4.32. The number of urea groups is 1. The van der Waals surface area contributed by atoms with E-state index in [0.29, 0.717) is 25.4 Å². The molecule has 0 N–H and O–H groups in total. The van der Waals surface area contributed by atoms with Crippen molar-refractivity contribution in [2.24, 2.45) is 0 Å². The normalized spacial score (nSPS) is 26.1. The van der Waals surface area contributed by atoms with Gasteiger partial charge in [0.15, 0.2) is 0 Å². The molecule has 0 aromatic carbocycles. The molecule has 2 aliphatic rings. The van der Waals surface area contributed by atoms with Crippen LogP contribution in [0.1, 0.15) is 6.42 Å². The van der Waals surface area contributed by atoms with Crippen LogP contribution in [-0.2, 0) is 4.57 Å². The average molecular weight is 252 g/mol. The molecule has 0 bridgehead atoms. The molecule has 16 heavy (non-hydrogen) atoms. The van der Waals surface area contributed by atoms with Crippen LogP contribution in [0.5, 0.6) is 0 Å². The molecular formula is C9H15F2N2O2P. The number of nitrogens with zero attached hydrogens (tertiary/aromatic N) is 2. The van der Waals surface area contributed by atoms with Crippen molar-refractivity contribution < 1.29 is 18.1 Å². The lowest BCUT2D eigenvalue weighted by molar-refractivity contribution is 0.0139. The molecule has 2 amide bonds. The first-order valence-electron chi connectivity index (χ1n) is 5.41. The summed E-state index contributed by atoms with van der Waals surface area (Å²) in [5.74, 6) is -2.74. The van der Waals surface area contributed by atoms with Crippen LogP contribution in [0.25, 0.3) is 0 Å². The largest absolute Gasteiger partial charge is 0.327 e. The molecule has 0 atom stereocenters. The van der Waals surface area contributed by atoms with Crippen LogP contribution in [0, 0.1) is 0 Å². The fourth-order valence-electron chi connectivity index (χ4n) is 2.05. The van der Waals surface area contributed by atoms with Crippen molar-refractivity contribution in [3.05, 3.63) is 0 Å². The lowest BCUT2D eigenvalue weighted by atomic mass is 10.3. The molecule has 0 radical (unpaired) electrons. The van der Waals surface area contributed by atoms with E-state index >= 15 is 0 Å². The minimum absolute atomic E-state index is 0.123. The Kier molecular flexibility index (Phi) is 3.19. The van der Waals surface area contributed by atoms with Gasteiger partial charge in [0.2, 0.25) is 0 Å². The Bertz CT molecular complexity index is 315. The van der Waals surface area contributed by atoms with Gasteiger partial charge in [-0.3, -0.25) is 0 Å². The van der Waals surface area contributed by atoms with Crippen molar-refractivity contribution in [3.8, 4) is 0 Å². The fourth-order valence-corrected chi connectivity index (χ4v) is 3.34. The van der Waals surface area contributed by atoms with E-state index in [4.69, 9.17) is 0 Å². The SMILES string of the molecule is O=C(N1CC[PH](=O)CC1)N1CCC(F)(F)C1. The molecule has 2 aliphatic heterocycles. The van der Waals surface area contributed by atoms with E-state index in [2.05, 4.69) is 0 Å². The van der Waals surface area contributed by atoms with E-state index in [9.17, 15) is 18.1 Å². The Morgan fingerprint density at radius 2 is 1.75 bits per heavy atom. The van der Waals surface area contributed by atoms with Crippen molar-refractivity contribution in [2.75, 3.05) is 38.5 Å². The Morgan fingerprint density at radius 1 is 1.12 bits per heavy atom. The zero-order chi connectivity index (χ0) is 11.8. The first kappa shape index (κ1) is 11.8. The van der Waals surface area contributed by atoms with Gasteiger partial charge in [-0.15, -0.1) is 0 Å². The molecule has 4 nitrogen and oxygen atoms in total. The van der Waals surface area contributed by atoms with Gasteiger partial charge in [0, 0.05) is 38.4 Å². The maximum atomic E-state index is 12.9. The highest BCUT2D eigenvalue weighted by atomic mass is 31.1. The lowest BCUT2D eigenvalue weighted by Crippen LogP contribution is -2.46. The number of carbonyl (C=O) groups is 1. The molecule has 92 valence electrons. The predicted molar refractivity (Wildman–Crippen MR) is 56.8 cm³/mol. The fraction of sp³-hybridized carbons (Fsp3) is 0.889. The van der Waals surface area contributed by atoms with Crippen molar-refractivity contribution in [3.63, 3.8) is 0 Å². The molecule has 0 aliphatic carbocycles. The third-order valence-electron chi connectivity index (χ3n) is 3.03. The monoisotopic (exact) mass is 252 g/mol. The average Bonchev–Trinajstić information content (AvgIpc) is 2.59.